The molecule has 0 radical (unpaired) electrons. The predicted octanol–water partition coefficient (Wildman–Crippen LogP) is 2.13. The third kappa shape index (κ3) is 2.44. The van der Waals surface area contributed by atoms with E-state index in [9.17, 15) is 4.79 Å². The third-order valence-electron chi connectivity index (χ3n) is 4.70. The summed E-state index contributed by atoms with van der Waals surface area (Å²) < 4.78 is 0. The van der Waals surface area contributed by atoms with Crippen LogP contribution >= 0.6 is 0 Å². The highest BCUT2D eigenvalue weighted by atomic mass is 16.2. The van der Waals surface area contributed by atoms with Crippen molar-refractivity contribution in [3.8, 4) is 0 Å². The summed E-state index contributed by atoms with van der Waals surface area (Å²) in [5.74, 6) is 0.316. The van der Waals surface area contributed by atoms with Crippen LogP contribution in [-0.4, -0.2) is 35.4 Å². The van der Waals surface area contributed by atoms with E-state index in [0.717, 1.165) is 45.3 Å². The van der Waals surface area contributed by atoms with Gasteiger partial charge in [-0.25, -0.2) is 0 Å². The van der Waals surface area contributed by atoms with Crippen molar-refractivity contribution >= 4 is 5.91 Å². The van der Waals surface area contributed by atoms with Crippen LogP contribution in [0.15, 0.2) is 24.5 Å². The molecule has 2 aliphatic rings. The predicted molar refractivity (Wildman–Crippen MR) is 78.1 cm³/mol. The molecular weight excluding hydrogens is 250 g/mol. The van der Waals surface area contributed by atoms with E-state index in [1.54, 1.807) is 6.20 Å². The molecule has 2 atom stereocenters. The van der Waals surface area contributed by atoms with Gasteiger partial charge in [0.15, 0.2) is 0 Å². The number of aromatic nitrogens is 1. The summed E-state index contributed by atoms with van der Waals surface area (Å²) in [6.07, 6.45) is 7.92. The maximum atomic E-state index is 13.0. The molecule has 1 amide bonds. The van der Waals surface area contributed by atoms with Gasteiger partial charge in [-0.05, 0) is 50.8 Å². The van der Waals surface area contributed by atoms with E-state index in [-0.39, 0.29) is 11.5 Å². The van der Waals surface area contributed by atoms with Gasteiger partial charge in [0.05, 0.1) is 11.5 Å². The average molecular weight is 273 g/mol. The van der Waals surface area contributed by atoms with Gasteiger partial charge in [-0.3, -0.25) is 9.78 Å². The Bertz CT molecular complexity index is 468. The number of nitrogens with one attached hydrogen (secondary N) is 1. The van der Waals surface area contributed by atoms with Crippen LogP contribution in [0.4, 0.5) is 0 Å². The number of pyridine rings is 1. The van der Waals surface area contributed by atoms with Crippen molar-refractivity contribution in [3.63, 3.8) is 0 Å². The first-order valence-electron chi connectivity index (χ1n) is 7.62. The average Bonchev–Trinajstić information content (AvgIpc) is 2.97. The summed E-state index contributed by atoms with van der Waals surface area (Å²) in [6, 6.07) is 4.26. The summed E-state index contributed by atoms with van der Waals surface area (Å²) in [6.45, 7) is 4.84. The van der Waals surface area contributed by atoms with Gasteiger partial charge in [-0.1, -0.05) is 6.07 Å². The minimum absolute atomic E-state index is 0.218. The lowest BCUT2D eigenvalue weighted by Gasteiger charge is -2.38. The molecule has 108 valence electrons. The topological polar surface area (TPSA) is 45.2 Å². The molecule has 4 heteroatoms. The summed E-state index contributed by atoms with van der Waals surface area (Å²) in [4.78, 5) is 19.3. The third-order valence-corrected chi connectivity index (χ3v) is 4.70. The van der Waals surface area contributed by atoms with Crippen LogP contribution in [0.25, 0.3) is 0 Å². The molecule has 4 nitrogen and oxygen atoms in total. The zero-order valence-electron chi connectivity index (χ0n) is 12.1. The highest BCUT2D eigenvalue weighted by Gasteiger charge is 2.41. The molecule has 20 heavy (non-hydrogen) atoms. The summed E-state index contributed by atoms with van der Waals surface area (Å²) >= 11 is 0. The first-order chi connectivity index (χ1) is 9.71. The van der Waals surface area contributed by atoms with Crippen LogP contribution in [0.5, 0.6) is 0 Å². The first kappa shape index (κ1) is 13.6. The van der Waals surface area contributed by atoms with Gasteiger partial charge in [0.2, 0.25) is 5.91 Å². The molecule has 1 N–H and O–H groups in total. The fourth-order valence-electron chi connectivity index (χ4n) is 3.51. The highest BCUT2D eigenvalue weighted by Crippen LogP contribution is 2.37. The van der Waals surface area contributed by atoms with E-state index in [2.05, 4.69) is 28.2 Å². The summed E-state index contributed by atoms with van der Waals surface area (Å²) in [7, 11) is 0. The molecule has 0 aliphatic carbocycles. The number of carbonyl (C=O) groups excluding carboxylic acids is 1. The standard InChI is InChI=1S/C16H23N3O/c1-16(7-4-9-18-12-16)15(20)19-10-3-6-14(19)13-5-2-8-17-11-13/h2,5,8,11,14,18H,3-4,6-7,9-10,12H2,1H3. The lowest BCUT2D eigenvalue weighted by molar-refractivity contribution is -0.143. The molecule has 1 aromatic heterocycles. The van der Waals surface area contributed by atoms with Gasteiger partial charge < -0.3 is 10.2 Å². The van der Waals surface area contributed by atoms with Crippen LogP contribution in [0.3, 0.4) is 0 Å². The van der Waals surface area contributed by atoms with E-state index in [1.165, 1.54) is 5.56 Å². The normalized spacial score (nSPS) is 30.4. The Morgan fingerprint density at radius 1 is 1.50 bits per heavy atom. The van der Waals surface area contributed by atoms with Crippen molar-refractivity contribution in [1.82, 2.24) is 15.2 Å². The van der Waals surface area contributed by atoms with E-state index in [1.807, 2.05) is 12.3 Å². The number of hydrogen-bond donors (Lipinski definition) is 1. The SMILES string of the molecule is CC1(C(=O)N2CCCC2c2cccnc2)CCCNC1. The molecule has 0 bridgehead atoms. The maximum Gasteiger partial charge on any atom is 0.230 e. The van der Waals surface area contributed by atoms with E-state index < -0.39 is 0 Å². The van der Waals surface area contributed by atoms with E-state index in [0.29, 0.717) is 5.91 Å². The number of hydrogen-bond acceptors (Lipinski definition) is 3. The number of amides is 1. The van der Waals surface area contributed by atoms with Gasteiger partial charge >= 0.3 is 0 Å². The lowest BCUT2D eigenvalue weighted by atomic mass is 9.81. The van der Waals surface area contributed by atoms with Crippen molar-refractivity contribution in [1.29, 1.82) is 0 Å². The largest absolute Gasteiger partial charge is 0.335 e. The molecule has 3 rings (SSSR count). The van der Waals surface area contributed by atoms with Crippen molar-refractivity contribution in [3.05, 3.63) is 30.1 Å². The fraction of sp³-hybridized carbons (Fsp3) is 0.625. The molecule has 3 heterocycles. The minimum atomic E-state index is -0.233. The quantitative estimate of drug-likeness (QED) is 0.898. The molecule has 1 aromatic rings. The van der Waals surface area contributed by atoms with E-state index >= 15 is 0 Å². The Labute approximate surface area is 120 Å². The second-order valence-corrected chi connectivity index (χ2v) is 6.28. The van der Waals surface area contributed by atoms with Crippen LogP contribution < -0.4 is 5.32 Å². The number of rotatable bonds is 2. The fourth-order valence-corrected chi connectivity index (χ4v) is 3.51. The smallest absolute Gasteiger partial charge is 0.230 e. The molecule has 2 fully saturated rings. The van der Waals surface area contributed by atoms with Crippen LogP contribution in [0.2, 0.25) is 0 Å². The second kappa shape index (κ2) is 5.52. The van der Waals surface area contributed by atoms with Crippen molar-refractivity contribution in [2.24, 2.45) is 5.41 Å². The highest BCUT2D eigenvalue weighted by molar-refractivity contribution is 5.83. The first-order valence-corrected chi connectivity index (χ1v) is 7.62. The van der Waals surface area contributed by atoms with Gasteiger partial charge in [0, 0.05) is 25.5 Å². The maximum absolute atomic E-state index is 13.0. The van der Waals surface area contributed by atoms with Gasteiger partial charge in [0.1, 0.15) is 0 Å². The zero-order chi connectivity index (χ0) is 14.0. The Kier molecular flexibility index (Phi) is 3.74. The molecule has 0 spiro atoms. The Morgan fingerprint density at radius 3 is 3.10 bits per heavy atom. The van der Waals surface area contributed by atoms with Crippen LogP contribution in [0, 0.1) is 5.41 Å². The number of likely N-dealkylation sites (tertiary alicyclic amines) is 1. The Morgan fingerprint density at radius 2 is 2.40 bits per heavy atom. The van der Waals surface area contributed by atoms with Gasteiger partial charge in [-0.15, -0.1) is 0 Å². The summed E-state index contributed by atoms with van der Waals surface area (Å²) in [5, 5.41) is 3.37. The summed E-state index contributed by atoms with van der Waals surface area (Å²) in [5.41, 5.74) is 0.939. The van der Waals surface area contributed by atoms with Gasteiger partial charge in [-0.2, -0.15) is 0 Å². The molecular formula is C16H23N3O. The molecule has 2 saturated heterocycles. The Hall–Kier alpha value is -1.42. The van der Waals surface area contributed by atoms with Crippen molar-refractivity contribution in [2.75, 3.05) is 19.6 Å². The molecule has 0 saturated carbocycles. The van der Waals surface area contributed by atoms with Crippen LogP contribution in [-0.2, 0) is 4.79 Å². The number of carbonyl (C=O) groups is 1. The monoisotopic (exact) mass is 273 g/mol. The van der Waals surface area contributed by atoms with Crippen molar-refractivity contribution < 1.29 is 4.79 Å². The minimum Gasteiger partial charge on any atom is -0.335 e. The number of nitrogens with zero attached hydrogens (tertiary/aromatic N) is 2. The molecule has 2 aliphatic heterocycles. The second-order valence-electron chi connectivity index (χ2n) is 6.28. The number of piperidine rings is 1. The van der Waals surface area contributed by atoms with Gasteiger partial charge in [0.25, 0.3) is 0 Å². The van der Waals surface area contributed by atoms with Crippen LogP contribution in [0.1, 0.15) is 44.2 Å². The zero-order valence-corrected chi connectivity index (χ0v) is 12.1. The Balaban J connectivity index is 1.80. The molecule has 2 unspecified atom stereocenters. The lowest BCUT2D eigenvalue weighted by Crippen LogP contribution is -2.50. The van der Waals surface area contributed by atoms with Crippen molar-refractivity contribution in [2.45, 2.75) is 38.6 Å². The van der Waals surface area contributed by atoms with E-state index in [4.69, 9.17) is 0 Å². The molecule has 0 aromatic carbocycles.